The molecule has 1 amide bonds. The summed E-state index contributed by atoms with van der Waals surface area (Å²) in [7, 11) is 2.08. The van der Waals surface area contributed by atoms with Crippen LogP contribution in [-0.2, 0) is 0 Å². The molecule has 0 aromatic carbocycles. The van der Waals surface area contributed by atoms with E-state index in [-0.39, 0.29) is 5.91 Å². The number of nitrogens with one attached hydrogen (secondary N) is 1. The molecule has 1 N–H and O–H groups in total. The molecule has 82 valence electrons. The number of rotatable bonds is 2. The lowest BCUT2D eigenvalue weighted by atomic mass is 10.3. The molecule has 2 rings (SSSR count). The summed E-state index contributed by atoms with van der Waals surface area (Å²) in [5, 5.41) is 1.94. The molecular formula is C10H15N3O2. The van der Waals surface area contributed by atoms with Gasteiger partial charge in [-0.15, -0.1) is 0 Å². The lowest BCUT2D eigenvalue weighted by molar-refractivity contribution is 0.0662. The monoisotopic (exact) mass is 209 g/mol. The Morgan fingerprint density at radius 3 is 2.73 bits per heavy atom. The number of amides is 1. The lowest BCUT2D eigenvalue weighted by Gasteiger charge is -2.32. The highest BCUT2D eigenvalue weighted by atomic mass is 16.3. The number of carbonyl (C=O) groups excluding carboxylic acids is 1. The van der Waals surface area contributed by atoms with E-state index in [2.05, 4.69) is 17.4 Å². The normalized spacial score (nSPS) is 19.0. The molecule has 0 aliphatic carbocycles. The van der Waals surface area contributed by atoms with Gasteiger partial charge in [0.15, 0.2) is 0 Å². The van der Waals surface area contributed by atoms with E-state index >= 15 is 0 Å². The summed E-state index contributed by atoms with van der Waals surface area (Å²) in [6.45, 7) is 3.68. The largest absolute Gasteiger partial charge is 0.472 e. The van der Waals surface area contributed by atoms with E-state index in [0.29, 0.717) is 5.56 Å². The van der Waals surface area contributed by atoms with Crippen LogP contribution in [0.15, 0.2) is 23.0 Å². The number of furan rings is 1. The Balaban J connectivity index is 1.85. The number of piperazine rings is 1. The van der Waals surface area contributed by atoms with Crippen molar-refractivity contribution in [2.45, 2.75) is 0 Å². The van der Waals surface area contributed by atoms with Crippen LogP contribution in [0.1, 0.15) is 10.4 Å². The van der Waals surface area contributed by atoms with Gasteiger partial charge in [0.1, 0.15) is 6.26 Å². The second-order valence-corrected chi connectivity index (χ2v) is 3.74. The van der Waals surface area contributed by atoms with Gasteiger partial charge in [0.2, 0.25) is 0 Å². The SMILES string of the molecule is CN1CCN(NC(=O)c2ccoc2)CC1. The highest BCUT2D eigenvalue weighted by Gasteiger charge is 2.16. The van der Waals surface area contributed by atoms with Crippen LogP contribution in [0.25, 0.3) is 0 Å². The van der Waals surface area contributed by atoms with Gasteiger partial charge in [0, 0.05) is 26.2 Å². The average Bonchev–Trinajstić information content (AvgIpc) is 2.74. The first-order valence-electron chi connectivity index (χ1n) is 5.02. The van der Waals surface area contributed by atoms with Gasteiger partial charge in [-0.1, -0.05) is 0 Å². The van der Waals surface area contributed by atoms with Crippen LogP contribution >= 0.6 is 0 Å². The number of nitrogens with zero attached hydrogens (tertiary/aromatic N) is 2. The molecule has 5 heteroatoms. The molecule has 5 nitrogen and oxygen atoms in total. The van der Waals surface area contributed by atoms with Crippen molar-refractivity contribution >= 4 is 5.91 Å². The molecule has 1 aliphatic heterocycles. The van der Waals surface area contributed by atoms with Crippen LogP contribution < -0.4 is 5.43 Å². The van der Waals surface area contributed by atoms with E-state index in [0.717, 1.165) is 26.2 Å². The predicted octanol–water partition coefficient (Wildman–Crippen LogP) is 0.172. The molecule has 0 radical (unpaired) electrons. The first-order chi connectivity index (χ1) is 7.25. The Bertz CT molecular complexity index is 315. The fourth-order valence-electron chi connectivity index (χ4n) is 1.52. The highest BCUT2D eigenvalue weighted by Crippen LogP contribution is 2.01. The van der Waals surface area contributed by atoms with Crippen molar-refractivity contribution in [2.24, 2.45) is 0 Å². The number of likely N-dealkylation sites (N-methyl/N-ethyl adjacent to an activating group) is 1. The first kappa shape index (κ1) is 10.2. The van der Waals surface area contributed by atoms with E-state index in [4.69, 9.17) is 4.42 Å². The second kappa shape index (κ2) is 4.46. The molecule has 0 spiro atoms. The van der Waals surface area contributed by atoms with Crippen LogP contribution in [0.3, 0.4) is 0 Å². The van der Waals surface area contributed by atoms with Gasteiger partial charge >= 0.3 is 0 Å². The Kier molecular flexibility index (Phi) is 3.03. The van der Waals surface area contributed by atoms with Crippen LogP contribution in [-0.4, -0.2) is 49.0 Å². The Morgan fingerprint density at radius 2 is 2.13 bits per heavy atom. The maximum Gasteiger partial charge on any atom is 0.268 e. The first-order valence-corrected chi connectivity index (χ1v) is 5.02. The molecule has 15 heavy (non-hydrogen) atoms. The van der Waals surface area contributed by atoms with E-state index in [1.807, 2.05) is 5.01 Å². The zero-order valence-electron chi connectivity index (χ0n) is 8.77. The predicted molar refractivity (Wildman–Crippen MR) is 55.2 cm³/mol. The van der Waals surface area contributed by atoms with Crippen LogP contribution in [0.4, 0.5) is 0 Å². The van der Waals surface area contributed by atoms with Gasteiger partial charge in [-0.3, -0.25) is 10.2 Å². The Morgan fingerprint density at radius 1 is 1.40 bits per heavy atom. The molecule has 0 atom stereocenters. The summed E-state index contributed by atoms with van der Waals surface area (Å²) >= 11 is 0. The van der Waals surface area contributed by atoms with Gasteiger partial charge < -0.3 is 9.32 Å². The summed E-state index contributed by atoms with van der Waals surface area (Å²) in [5.41, 5.74) is 3.41. The Labute approximate surface area is 88.6 Å². The lowest BCUT2D eigenvalue weighted by Crippen LogP contribution is -2.52. The molecule has 0 saturated carbocycles. The van der Waals surface area contributed by atoms with E-state index < -0.39 is 0 Å². The molecule has 1 saturated heterocycles. The minimum absolute atomic E-state index is 0.103. The van der Waals surface area contributed by atoms with Gasteiger partial charge in [-0.25, -0.2) is 5.01 Å². The van der Waals surface area contributed by atoms with Crippen molar-refractivity contribution in [3.8, 4) is 0 Å². The molecular weight excluding hydrogens is 194 g/mol. The number of hydrogen-bond acceptors (Lipinski definition) is 4. The fraction of sp³-hybridized carbons (Fsp3) is 0.500. The average molecular weight is 209 g/mol. The van der Waals surface area contributed by atoms with Crippen molar-refractivity contribution in [2.75, 3.05) is 33.2 Å². The summed E-state index contributed by atoms with van der Waals surface area (Å²) in [6.07, 6.45) is 2.95. The minimum Gasteiger partial charge on any atom is -0.472 e. The highest BCUT2D eigenvalue weighted by molar-refractivity contribution is 5.93. The third-order valence-electron chi connectivity index (χ3n) is 2.55. The molecule has 1 fully saturated rings. The van der Waals surface area contributed by atoms with Gasteiger partial charge in [0.05, 0.1) is 11.8 Å². The van der Waals surface area contributed by atoms with Crippen molar-refractivity contribution in [1.29, 1.82) is 0 Å². The summed E-state index contributed by atoms with van der Waals surface area (Å²) in [4.78, 5) is 13.9. The number of hydrogen-bond donors (Lipinski definition) is 1. The summed E-state index contributed by atoms with van der Waals surface area (Å²) in [6, 6.07) is 1.66. The molecule has 1 aromatic heterocycles. The minimum atomic E-state index is -0.103. The summed E-state index contributed by atoms with van der Waals surface area (Å²) in [5.74, 6) is -0.103. The van der Waals surface area contributed by atoms with Crippen molar-refractivity contribution in [3.63, 3.8) is 0 Å². The van der Waals surface area contributed by atoms with Crippen molar-refractivity contribution in [1.82, 2.24) is 15.3 Å². The van der Waals surface area contributed by atoms with E-state index in [1.165, 1.54) is 12.5 Å². The van der Waals surface area contributed by atoms with Crippen LogP contribution in [0.5, 0.6) is 0 Å². The van der Waals surface area contributed by atoms with Crippen LogP contribution in [0.2, 0.25) is 0 Å². The summed E-state index contributed by atoms with van der Waals surface area (Å²) < 4.78 is 4.85. The zero-order chi connectivity index (χ0) is 10.7. The second-order valence-electron chi connectivity index (χ2n) is 3.74. The fourth-order valence-corrected chi connectivity index (χ4v) is 1.52. The molecule has 0 unspecified atom stereocenters. The van der Waals surface area contributed by atoms with Crippen molar-refractivity contribution < 1.29 is 9.21 Å². The molecule has 2 heterocycles. The molecule has 0 bridgehead atoms. The van der Waals surface area contributed by atoms with Crippen molar-refractivity contribution in [3.05, 3.63) is 24.2 Å². The van der Waals surface area contributed by atoms with Gasteiger partial charge in [-0.2, -0.15) is 0 Å². The molecule has 1 aromatic rings. The standard InChI is InChI=1S/C10H15N3O2/c1-12-3-5-13(6-4-12)11-10(14)9-2-7-15-8-9/h2,7-8H,3-6H2,1H3,(H,11,14). The smallest absolute Gasteiger partial charge is 0.268 e. The van der Waals surface area contributed by atoms with E-state index in [1.54, 1.807) is 6.07 Å². The third kappa shape index (κ3) is 2.57. The number of hydrazine groups is 1. The van der Waals surface area contributed by atoms with Gasteiger partial charge in [0.25, 0.3) is 5.91 Å². The number of carbonyl (C=O) groups is 1. The zero-order valence-corrected chi connectivity index (χ0v) is 8.77. The van der Waals surface area contributed by atoms with E-state index in [9.17, 15) is 4.79 Å². The maximum atomic E-state index is 11.6. The van der Waals surface area contributed by atoms with Gasteiger partial charge in [-0.05, 0) is 13.1 Å². The maximum absolute atomic E-state index is 11.6. The van der Waals surface area contributed by atoms with Crippen LogP contribution in [0, 0.1) is 0 Å². The third-order valence-corrected chi connectivity index (χ3v) is 2.55. The quantitative estimate of drug-likeness (QED) is 0.754. The molecule has 1 aliphatic rings. The topological polar surface area (TPSA) is 48.7 Å². The Hall–Kier alpha value is -1.33.